The highest BCUT2D eigenvalue weighted by Gasteiger charge is 2.47. The van der Waals surface area contributed by atoms with E-state index in [4.69, 9.17) is 4.74 Å². The van der Waals surface area contributed by atoms with Crippen molar-refractivity contribution in [1.82, 2.24) is 9.88 Å². The Labute approximate surface area is 147 Å². The Morgan fingerprint density at radius 1 is 1.16 bits per heavy atom. The molecular weight excluding hydrogens is 353 g/mol. The molecule has 1 aliphatic rings. The van der Waals surface area contributed by atoms with Crippen LogP contribution in [0.5, 0.6) is 5.75 Å². The molecule has 0 N–H and O–H groups in total. The normalized spacial score (nSPS) is 15.0. The molecule has 8 heteroatoms. The Morgan fingerprint density at radius 3 is 2.32 bits per heavy atom. The van der Waals surface area contributed by atoms with E-state index < -0.39 is 18.2 Å². The predicted molar refractivity (Wildman–Crippen MR) is 88.5 cm³/mol. The Kier molecular flexibility index (Phi) is 4.89. The summed E-state index contributed by atoms with van der Waals surface area (Å²) < 4.78 is 42.5. The first-order valence-electron chi connectivity index (χ1n) is 7.50. The average molecular weight is 368 g/mol. The van der Waals surface area contributed by atoms with Crippen molar-refractivity contribution in [3.05, 3.63) is 42.6 Å². The number of likely N-dealkylation sites (tertiary alicyclic amines) is 1. The number of pyridine rings is 1. The summed E-state index contributed by atoms with van der Waals surface area (Å²) in [6, 6.07) is 11.1. The zero-order chi connectivity index (χ0) is 18.0. The largest absolute Gasteiger partial charge is 0.487 e. The van der Waals surface area contributed by atoms with Crippen LogP contribution in [0.1, 0.15) is 0 Å². The highest BCUT2D eigenvalue weighted by molar-refractivity contribution is 7.98. The highest BCUT2D eigenvalue weighted by atomic mass is 32.2. The Balaban J connectivity index is 1.56. The van der Waals surface area contributed by atoms with Gasteiger partial charge in [-0.1, -0.05) is 18.2 Å². The molecule has 1 amide bonds. The van der Waals surface area contributed by atoms with Crippen LogP contribution in [0.4, 0.5) is 13.2 Å². The minimum Gasteiger partial charge on any atom is -0.487 e. The molecule has 1 aliphatic heterocycles. The second kappa shape index (κ2) is 6.95. The van der Waals surface area contributed by atoms with Crippen LogP contribution in [-0.2, 0) is 4.79 Å². The maximum Gasteiger partial charge on any atom is 0.471 e. The number of carbonyl (C=O) groups is 1. The van der Waals surface area contributed by atoms with E-state index >= 15 is 0 Å². The third kappa shape index (κ3) is 4.07. The Bertz CT molecular complexity index is 742. The van der Waals surface area contributed by atoms with Gasteiger partial charge in [-0.15, -0.1) is 11.8 Å². The fourth-order valence-electron chi connectivity index (χ4n) is 2.45. The summed E-state index contributed by atoms with van der Waals surface area (Å²) in [6.07, 6.45) is -1.50. The molecule has 2 heterocycles. The fraction of sp³-hybridized carbons (Fsp3) is 0.294. The van der Waals surface area contributed by atoms with Gasteiger partial charge in [0.05, 0.1) is 18.1 Å². The summed E-state index contributed by atoms with van der Waals surface area (Å²) in [7, 11) is 0. The topological polar surface area (TPSA) is 42.4 Å². The standard InChI is InChI=1S/C17H15F3N2O2S/c1-25-15-7-4-12(8-21-15)11-2-5-13(6-3-11)24-14-9-22(10-14)16(23)17(18,19)20/h2-8,14H,9-10H2,1H3. The number of carbonyl (C=O) groups excluding carboxylic acids is 1. The van der Waals surface area contributed by atoms with Gasteiger partial charge in [0.15, 0.2) is 0 Å². The number of benzene rings is 1. The molecule has 0 saturated carbocycles. The number of nitrogens with zero attached hydrogens (tertiary/aromatic N) is 2. The van der Waals surface area contributed by atoms with Gasteiger partial charge in [0.2, 0.25) is 0 Å². The van der Waals surface area contributed by atoms with Gasteiger partial charge in [-0.3, -0.25) is 4.79 Å². The van der Waals surface area contributed by atoms with E-state index in [1.54, 1.807) is 30.1 Å². The molecule has 0 unspecified atom stereocenters. The molecular formula is C17H15F3N2O2S. The molecule has 132 valence electrons. The van der Waals surface area contributed by atoms with Crippen LogP contribution in [0.2, 0.25) is 0 Å². The molecule has 4 nitrogen and oxygen atoms in total. The highest BCUT2D eigenvalue weighted by Crippen LogP contribution is 2.27. The molecule has 1 fully saturated rings. The number of aromatic nitrogens is 1. The van der Waals surface area contributed by atoms with Crippen LogP contribution >= 0.6 is 11.8 Å². The predicted octanol–water partition coefficient (Wildman–Crippen LogP) is 3.62. The van der Waals surface area contributed by atoms with Gasteiger partial charge < -0.3 is 9.64 Å². The second-order valence-electron chi connectivity index (χ2n) is 5.56. The van der Waals surface area contributed by atoms with Crippen LogP contribution in [-0.4, -0.2) is 47.4 Å². The van der Waals surface area contributed by atoms with Crippen LogP contribution < -0.4 is 4.74 Å². The molecule has 0 bridgehead atoms. The van der Waals surface area contributed by atoms with Crippen molar-refractivity contribution >= 4 is 17.7 Å². The van der Waals surface area contributed by atoms with Crippen LogP contribution in [0.25, 0.3) is 11.1 Å². The summed E-state index contributed by atoms with van der Waals surface area (Å²) in [5, 5.41) is 0.937. The van der Waals surface area contributed by atoms with Crippen LogP contribution in [0.15, 0.2) is 47.6 Å². The molecule has 1 saturated heterocycles. The number of rotatable bonds is 4. The van der Waals surface area contributed by atoms with Crippen molar-refractivity contribution in [2.45, 2.75) is 17.3 Å². The van der Waals surface area contributed by atoms with Gasteiger partial charge in [-0.2, -0.15) is 13.2 Å². The van der Waals surface area contributed by atoms with Crippen molar-refractivity contribution in [3.8, 4) is 16.9 Å². The first-order chi connectivity index (χ1) is 11.9. The van der Waals surface area contributed by atoms with Gasteiger partial charge in [0, 0.05) is 11.8 Å². The van der Waals surface area contributed by atoms with Crippen LogP contribution in [0, 0.1) is 0 Å². The summed E-state index contributed by atoms with van der Waals surface area (Å²) >= 11 is 1.57. The van der Waals surface area contributed by atoms with Crippen molar-refractivity contribution < 1.29 is 22.7 Å². The first kappa shape index (κ1) is 17.6. The monoisotopic (exact) mass is 368 g/mol. The first-order valence-corrected chi connectivity index (χ1v) is 8.72. The number of hydrogen-bond donors (Lipinski definition) is 0. The number of hydrogen-bond acceptors (Lipinski definition) is 4. The van der Waals surface area contributed by atoms with Crippen molar-refractivity contribution in [2.75, 3.05) is 19.3 Å². The molecule has 0 spiro atoms. The Morgan fingerprint density at radius 2 is 1.80 bits per heavy atom. The van der Waals surface area contributed by atoms with Crippen molar-refractivity contribution in [2.24, 2.45) is 0 Å². The lowest BCUT2D eigenvalue weighted by Crippen LogP contribution is -2.59. The maximum atomic E-state index is 12.3. The molecule has 0 radical (unpaired) electrons. The number of amides is 1. The van der Waals surface area contributed by atoms with E-state index in [0.29, 0.717) is 5.75 Å². The van der Waals surface area contributed by atoms with Gasteiger partial charge in [0.25, 0.3) is 0 Å². The van der Waals surface area contributed by atoms with Crippen molar-refractivity contribution in [3.63, 3.8) is 0 Å². The summed E-state index contributed by atoms with van der Waals surface area (Å²) in [5.41, 5.74) is 1.94. The lowest BCUT2D eigenvalue weighted by molar-refractivity contribution is -0.193. The molecule has 1 aromatic carbocycles. The maximum absolute atomic E-state index is 12.3. The smallest absolute Gasteiger partial charge is 0.471 e. The molecule has 1 aromatic heterocycles. The average Bonchev–Trinajstić information content (AvgIpc) is 2.57. The molecule has 25 heavy (non-hydrogen) atoms. The van der Waals surface area contributed by atoms with E-state index in [9.17, 15) is 18.0 Å². The molecule has 0 aliphatic carbocycles. The molecule has 0 atom stereocenters. The van der Waals surface area contributed by atoms with Crippen molar-refractivity contribution in [1.29, 1.82) is 0 Å². The minimum atomic E-state index is -4.83. The number of alkyl halides is 3. The van der Waals surface area contributed by atoms with E-state index in [-0.39, 0.29) is 13.1 Å². The van der Waals surface area contributed by atoms with Gasteiger partial charge in [-0.25, -0.2) is 4.98 Å². The summed E-state index contributed by atoms with van der Waals surface area (Å²) in [4.78, 5) is 16.1. The lowest BCUT2D eigenvalue weighted by Gasteiger charge is -2.39. The summed E-state index contributed by atoms with van der Waals surface area (Å²) in [5.74, 6) is -1.26. The summed E-state index contributed by atoms with van der Waals surface area (Å²) in [6.45, 7) is -0.111. The Hall–Kier alpha value is -2.22. The van der Waals surface area contributed by atoms with E-state index in [0.717, 1.165) is 21.1 Å². The van der Waals surface area contributed by atoms with Gasteiger partial charge in [-0.05, 0) is 30.0 Å². The van der Waals surface area contributed by atoms with E-state index in [1.165, 1.54) is 0 Å². The SMILES string of the molecule is CSc1ccc(-c2ccc(OC3CN(C(=O)C(F)(F)F)C3)cc2)cn1. The minimum absolute atomic E-state index is 0.0554. The molecule has 2 aromatic rings. The molecule has 3 rings (SSSR count). The third-order valence-corrected chi connectivity index (χ3v) is 4.47. The van der Waals surface area contributed by atoms with E-state index in [2.05, 4.69) is 4.98 Å². The lowest BCUT2D eigenvalue weighted by atomic mass is 10.1. The number of thioether (sulfide) groups is 1. The van der Waals surface area contributed by atoms with E-state index in [1.807, 2.05) is 30.5 Å². The third-order valence-electron chi connectivity index (χ3n) is 3.81. The van der Waals surface area contributed by atoms with Crippen LogP contribution in [0.3, 0.4) is 0 Å². The quantitative estimate of drug-likeness (QED) is 0.773. The van der Waals surface area contributed by atoms with Gasteiger partial charge in [0.1, 0.15) is 11.9 Å². The number of halogens is 3. The van der Waals surface area contributed by atoms with Gasteiger partial charge >= 0.3 is 12.1 Å². The zero-order valence-electron chi connectivity index (χ0n) is 13.3. The number of ether oxygens (including phenoxy) is 1. The zero-order valence-corrected chi connectivity index (χ0v) is 14.1. The fourth-order valence-corrected chi connectivity index (χ4v) is 2.81. The second-order valence-corrected chi connectivity index (χ2v) is 6.39.